The van der Waals surface area contributed by atoms with Crippen LogP contribution in [-0.4, -0.2) is 75.5 Å². The van der Waals surface area contributed by atoms with E-state index in [1.807, 2.05) is 88.7 Å². The topological polar surface area (TPSA) is 174 Å². The van der Waals surface area contributed by atoms with Crippen LogP contribution in [0, 0.1) is 34.5 Å². The lowest BCUT2D eigenvalue weighted by molar-refractivity contribution is -0.164. The van der Waals surface area contributed by atoms with Gasteiger partial charge in [-0.25, -0.2) is 4.98 Å². The summed E-state index contributed by atoms with van der Waals surface area (Å²) >= 11 is 7.83. The number of aliphatic hydroxyl groups excluding tert-OH is 1. The normalized spacial score (nSPS) is 20.4. The molecule has 1 saturated carbocycles. The number of hydrogen-bond donors (Lipinski definition) is 4. The molecule has 12 nitrogen and oxygen atoms in total. The first-order chi connectivity index (χ1) is 32.1. The average Bonchev–Trinajstić information content (AvgIpc) is 3.91. The molecule has 4 amide bonds. The number of rotatable bonds is 19. The van der Waals surface area contributed by atoms with Crippen LogP contribution in [-0.2, 0) is 20.8 Å². The number of carbonyl (C=O) groups excluding carboxylic acids is 4. The number of nitrogens with one attached hydrogen (secondary N) is 3. The van der Waals surface area contributed by atoms with Crippen molar-refractivity contribution in [3.8, 4) is 22.3 Å². The summed E-state index contributed by atoms with van der Waals surface area (Å²) in [7, 11) is 0. The third-order valence-corrected chi connectivity index (χ3v) is 15.1. The van der Waals surface area contributed by atoms with Gasteiger partial charge in [0.15, 0.2) is 0 Å². The van der Waals surface area contributed by atoms with Gasteiger partial charge in [-0.05, 0) is 79.5 Å². The molecule has 364 valence electrons. The van der Waals surface area contributed by atoms with E-state index in [-0.39, 0.29) is 65.6 Å². The van der Waals surface area contributed by atoms with Crippen LogP contribution in [0.3, 0.4) is 0 Å². The predicted molar refractivity (Wildman–Crippen MR) is 268 cm³/mol. The van der Waals surface area contributed by atoms with E-state index in [2.05, 4.69) is 54.7 Å². The summed E-state index contributed by atoms with van der Waals surface area (Å²) in [4.78, 5) is 61.3. The van der Waals surface area contributed by atoms with Crippen molar-refractivity contribution in [2.45, 2.75) is 156 Å². The molecule has 68 heavy (non-hydrogen) atoms. The molecular weight excluding hydrogens is 896 g/mol. The Labute approximate surface area is 411 Å². The number of ether oxygens (including phenoxy) is 1. The van der Waals surface area contributed by atoms with E-state index in [0.717, 1.165) is 60.2 Å². The number of amides is 4. The average molecular weight is 966 g/mol. The molecule has 6 rings (SSSR count). The van der Waals surface area contributed by atoms with Crippen LogP contribution in [0.15, 0.2) is 72.2 Å². The van der Waals surface area contributed by atoms with E-state index in [1.165, 1.54) is 10.5 Å². The lowest BCUT2D eigenvalue weighted by atomic mass is 9.49. The molecule has 1 aliphatic carbocycles. The Morgan fingerprint density at radius 3 is 2.19 bits per heavy atom. The Hall–Kier alpha value is -5.29. The molecule has 2 aliphatic rings. The van der Waals surface area contributed by atoms with Crippen LogP contribution >= 0.6 is 22.9 Å². The fourth-order valence-corrected chi connectivity index (χ4v) is 11.2. The Balaban J connectivity index is 0.887. The molecular formula is C54H69ClN6O6S. The number of aliphatic hydroxyl groups is 1. The van der Waals surface area contributed by atoms with E-state index in [0.29, 0.717) is 34.7 Å². The maximum absolute atomic E-state index is 14.1. The number of benzene rings is 3. The molecule has 4 atom stereocenters. The molecule has 0 bridgehead atoms. The van der Waals surface area contributed by atoms with Crippen LogP contribution in [0.2, 0.25) is 5.02 Å². The van der Waals surface area contributed by atoms with Crippen molar-refractivity contribution >= 4 is 46.6 Å². The van der Waals surface area contributed by atoms with Crippen molar-refractivity contribution < 1.29 is 29.0 Å². The van der Waals surface area contributed by atoms with Gasteiger partial charge in [-0.15, -0.1) is 11.3 Å². The molecule has 0 radical (unpaired) electrons. The third kappa shape index (κ3) is 12.3. The van der Waals surface area contributed by atoms with Gasteiger partial charge in [0.25, 0.3) is 5.91 Å². The first-order valence-corrected chi connectivity index (χ1v) is 25.2. The number of nitrogens with zero attached hydrogens (tertiary/aromatic N) is 3. The van der Waals surface area contributed by atoms with E-state index in [9.17, 15) is 29.5 Å². The molecule has 1 aromatic heterocycles. The highest BCUT2D eigenvalue weighted by atomic mass is 35.5. The van der Waals surface area contributed by atoms with E-state index < -0.39 is 23.6 Å². The SMILES string of the molecule is Cc1ncsc1-c1ccc([C@H](C)NC(=O)[C@@H]2C[C@@H](O)CN2C(=O)[C@@H](NC(=O)CCCCCCCCc2ccc(C(=O)N[C@H]3C(C)(C)[C@H](Oc4ccc(C#N)c(Cl)c4)C3(C)C)cc2)C(C)(C)C)cc1. The van der Waals surface area contributed by atoms with Gasteiger partial charge in [0.1, 0.15) is 30.0 Å². The highest BCUT2D eigenvalue weighted by Crippen LogP contribution is 2.55. The number of aryl methyl sites for hydroxylation is 2. The molecule has 1 saturated heterocycles. The van der Waals surface area contributed by atoms with Crippen LogP contribution in [0.5, 0.6) is 5.75 Å². The zero-order valence-corrected chi connectivity index (χ0v) is 42.7. The lowest BCUT2D eigenvalue weighted by Gasteiger charge is -2.63. The summed E-state index contributed by atoms with van der Waals surface area (Å²) < 4.78 is 6.37. The number of likely N-dealkylation sites (tertiary alicyclic amines) is 1. The molecule has 4 N–H and O–H groups in total. The fraction of sp³-hybridized carbons (Fsp3) is 0.519. The molecule has 14 heteroatoms. The Kier molecular flexibility index (Phi) is 16.8. The number of hydrogen-bond acceptors (Lipinski definition) is 9. The number of aromatic nitrogens is 1. The van der Waals surface area contributed by atoms with Crippen LogP contribution in [0.1, 0.15) is 146 Å². The highest BCUT2D eigenvalue weighted by Gasteiger charge is 2.64. The van der Waals surface area contributed by atoms with Gasteiger partial charge >= 0.3 is 0 Å². The molecule has 2 heterocycles. The Morgan fingerprint density at radius 2 is 1.59 bits per heavy atom. The van der Waals surface area contributed by atoms with Crippen molar-refractivity contribution in [1.29, 1.82) is 5.26 Å². The molecule has 2 fully saturated rings. The second-order valence-electron chi connectivity index (χ2n) is 21.0. The van der Waals surface area contributed by atoms with Gasteiger partial charge in [0.2, 0.25) is 17.7 Å². The Morgan fingerprint density at radius 1 is 0.941 bits per heavy atom. The van der Waals surface area contributed by atoms with Gasteiger partial charge in [0, 0.05) is 47.9 Å². The summed E-state index contributed by atoms with van der Waals surface area (Å²) in [6.07, 6.45) is 5.99. The van der Waals surface area contributed by atoms with Crippen molar-refractivity contribution in [3.63, 3.8) is 0 Å². The van der Waals surface area contributed by atoms with Gasteiger partial charge < -0.3 is 30.7 Å². The number of unbranched alkanes of at least 4 members (excludes halogenated alkanes) is 5. The zero-order chi connectivity index (χ0) is 49.6. The van der Waals surface area contributed by atoms with Crippen molar-refractivity contribution in [2.24, 2.45) is 16.2 Å². The summed E-state index contributed by atoms with van der Waals surface area (Å²) in [5.74, 6) is -0.439. The molecule has 0 unspecified atom stereocenters. The van der Waals surface area contributed by atoms with Crippen LogP contribution < -0.4 is 20.7 Å². The standard InChI is InChI=1S/C54H69ClN6O6S/c1-33(36-22-24-37(25-23-36)45-34(2)57-32-68-45)58-48(65)43-28-40(62)31-61(43)49(66)46(52(3,4)5)59-44(63)17-15-13-11-10-12-14-16-35-18-20-38(21-19-35)47(64)60-50-53(6,7)51(54(50,8)9)67-41-27-26-39(30-56)42(55)29-41/h18-27,29,32-33,40,43,46,50-51,62H,10-17,28,31H2,1-9H3,(H,58,65)(H,59,63)(H,60,64)/t33-,40+,43-,46+,50-,51-/m0/s1. The van der Waals surface area contributed by atoms with E-state index in [4.69, 9.17) is 16.3 Å². The quantitative estimate of drug-likeness (QED) is 0.0672. The third-order valence-electron chi connectivity index (χ3n) is 13.8. The summed E-state index contributed by atoms with van der Waals surface area (Å²) in [5, 5.41) is 29.5. The number of β-amino-alcohol motifs (C(OH)–C–C–N with tert-alkyl or cyclic N) is 1. The summed E-state index contributed by atoms with van der Waals surface area (Å²) in [5.41, 5.74) is 5.61. The van der Waals surface area contributed by atoms with Crippen molar-refractivity contribution in [1.82, 2.24) is 25.8 Å². The lowest BCUT2D eigenvalue weighted by Crippen LogP contribution is -2.74. The van der Waals surface area contributed by atoms with E-state index >= 15 is 0 Å². The number of halogens is 1. The Bertz CT molecular complexity index is 2440. The number of nitriles is 1. The number of carbonyl (C=O) groups is 4. The maximum Gasteiger partial charge on any atom is 0.251 e. The fourth-order valence-electron chi connectivity index (χ4n) is 10.2. The van der Waals surface area contributed by atoms with Gasteiger partial charge in [-0.1, -0.05) is 122 Å². The summed E-state index contributed by atoms with van der Waals surface area (Å²) in [6.45, 7) is 17.9. The minimum atomic E-state index is -0.864. The van der Waals surface area contributed by atoms with Crippen LogP contribution in [0.25, 0.3) is 10.4 Å². The minimum absolute atomic E-state index is 0.0229. The highest BCUT2D eigenvalue weighted by molar-refractivity contribution is 7.13. The van der Waals surface area contributed by atoms with E-state index in [1.54, 1.807) is 29.5 Å². The minimum Gasteiger partial charge on any atom is -0.489 e. The zero-order valence-electron chi connectivity index (χ0n) is 41.1. The number of thiazole rings is 1. The molecule has 4 aromatic rings. The summed E-state index contributed by atoms with van der Waals surface area (Å²) in [6, 6.07) is 20.8. The second-order valence-corrected chi connectivity index (χ2v) is 22.3. The largest absolute Gasteiger partial charge is 0.489 e. The first-order valence-electron chi connectivity index (χ1n) is 24.0. The maximum atomic E-state index is 14.1. The van der Waals surface area contributed by atoms with Crippen LogP contribution in [0.4, 0.5) is 0 Å². The monoisotopic (exact) mass is 964 g/mol. The van der Waals surface area contributed by atoms with Crippen molar-refractivity contribution in [2.75, 3.05) is 6.54 Å². The van der Waals surface area contributed by atoms with Gasteiger partial charge in [0.05, 0.1) is 38.8 Å². The van der Waals surface area contributed by atoms with Crippen molar-refractivity contribution in [3.05, 3.63) is 105 Å². The van der Waals surface area contributed by atoms with Gasteiger partial charge in [-0.3, -0.25) is 19.2 Å². The van der Waals surface area contributed by atoms with Gasteiger partial charge in [-0.2, -0.15) is 5.26 Å². The molecule has 1 aliphatic heterocycles. The molecule has 0 spiro atoms. The predicted octanol–water partition coefficient (Wildman–Crippen LogP) is 9.90. The first kappa shape index (κ1) is 52.1. The molecule has 3 aromatic carbocycles. The smallest absolute Gasteiger partial charge is 0.251 e. The second kappa shape index (κ2) is 22.0.